The standard InChI is InChI=1S/C27H25NO2/c1-28(20-21-11-5-2-6-12-21)18-17-25(29)24-19-26(22-13-7-3-8-14-22)30-27(24)23-15-9-4-10-16-23/h2-16,19H,17-18,20H2,1H3. The van der Waals surface area contributed by atoms with Gasteiger partial charge < -0.3 is 9.32 Å². The molecule has 0 aliphatic rings. The molecule has 0 aliphatic carbocycles. The van der Waals surface area contributed by atoms with Crippen LogP contribution >= 0.6 is 0 Å². The van der Waals surface area contributed by atoms with Crippen molar-refractivity contribution in [3.05, 3.63) is 108 Å². The van der Waals surface area contributed by atoms with Gasteiger partial charge in [-0.1, -0.05) is 91.0 Å². The fourth-order valence-electron chi connectivity index (χ4n) is 3.55. The summed E-state index contributed by atoms with van der Waals surface area (Å²) in [7, 11) is 2.04. The quantitative estimate of drug-likeness (QED) is 0.327. The molecule has 30 heavy (non-hydrogen) atoms. The first-order valence-electron chi connectivity index (χ1n) is 10.2. The Balaban J connectivity index is 1.54. The summed E-state index contributed by atoms with van der Waals surface area (Å²) in [6.07, 6.45) is 0.441. The molecule has 0 radical (unpaired) electrons. The largest absolute Gasteiger partial charge is 0.455 e. The lowest BCUT2D eigenvalue weighted by Crippen LogP contribution is -2.21. The third kappa shape index (κ3) is 4.76. The van der Waals surface area contributed by atoms with Gasteiger partial charge in [0.1, 0.15) is 11.5 Å². The molecule has 150 valence electrons. The van der Waals surface area contributed by atoms with Crippen molar-refractivity contribution >= 4 is 5.78 Å². The van der Waals surface area contributed by atoms with E-state index < -0.39 is 0 Å². The molecule has 3 aromatic carbocycles. The van der Waals surface area contributed by atoms with Crippen LogP contribution in [-0.2, 0) is 6.54 Å². The van der Waals surface area contributed by atoms with Crippen molar-refractivity contribution in [1.82, 2.24) is 4.90 Å². The molecule has 0 spiro atoms. The van der Waals surface area contributed by atoms with Gasteiger partial charge in [-0.15, -0.1) is 0 Å². The maximum atomic E-state index is 13.2. The van der Waals surface area contributed by atoms with Crippen molar-refractivity contribution in [3.63, 3.8) is 0 Å². The zero-order valence-electron chi connectivity index (χ0n) is 17.1. The highest BCUT2D eigenvalue weighted by Crippen LogP contribution is 2.33. The van der Waals surface area contributed by atoms with Crippen LogP contribution in [0.15, 0.2) is 101 Å². The van der Waals surface area contributed by atoms with E-state index in [0.29, 0.717) is 24.3 Å². The van der Waals surface area contributed by atoms with Gasteiger partial charge in [-0.3, -0.25) is 4.79 Å². The van der Waals surface area contributed by atoms with Crippen molar-refractivity contribution < 1.29 is 9.21 Å². The second kappa shape index (κ2) is 9.38. The lowest BCUT2D eigenvalue weighted by atomic mass is 10.0. The Labute approximate surface area is 177 Å². The number of nitrogens with zero attached hydrogens (tertiary/aromatic N) is 1. The second-order valence-corrected chi connectivity index (χ2v) is 7.48. The van der Waals surface area contributed by atoms with Crippen molar-refractivity contribution in [1.29, 1.82) is 0 Å². The van der Waals surface area contributed by atoms with E-state index in [2.05, 4.69) is 17.0 Å². The SMILES string of the molecule is CN(CCC(=O)c1cc(-c2ccccc2)oc1-c1ccccc1)Cc1ccccc1. The molecule has 3 nitrogen and oxygen atoms in total. The highest BCUT2D eigenvalue weighted by Gasteiger charge is 2.20. The molecule has 1 aromatic heterocycles. The Kier molecular flexibility index (Phi) is 6.21. The first-order valence-corrected chi connectivity index (χ1v) is 10.2. The molecule has 0 saturated heterocycles. The molecule has 0 aliphatic heterocycles. The minimum absolute atomic E-state index is 0.0969. The molecular formula is C27H25NO2. The van der Waals surface area contributed by atoms with Gasteiger partial charge in [0, 0.05) is 30.6 Å². The van der Waals surface area contributed by atoms with Gasteiger partial charge in [0.05, 0.1) is 5.56 Å². The third-order valence-corrected chi connectivity index (χ3v) is 5.14. The average Bonchev–Trinajstić information content (AvgIpc) is 3.25. The summed E-state index contributed by atoms with van der Waals surface area (Å²) in [5.74, 6) is 1.46. The molecule has 4 rings (SSSR count). The third-order valence-electron chi connectivity index (χ3n) is 5.14. The van der Waals surface area contributed by atoms with E-state index in [0.717, 1.165) is 23.4 Å². The molecule has 0 N–H and O–H groups in total. The molecule has 0 atom stereocenters. The van der Waals surface area contributed by atoms with E-state index in [-0.39, 0.29) is 5.78 Å². The van der Waals surface area contributed by atoms with Crippen LogP contribution in [0.25, 0.3) is 22.6 Å². The number of furan rings is 1. The number of ketones is 1. The van der Waals surface area contributed by atoms with Gasteiger partial charge in [-0.25, -0.2) is 0 Å². The fraction of sp³-hybridized carbons (Fsp3) is 0.148. The Bertz CT molecular complexity index is 1090. The van der Waals surface area contributed by atoms with E-state index in [1.54, 1.807) is 0 Å². The van der Waals surface area contributed by atoms with Gasteiger partial charge in [0.15, 0.2) is 5.78 Å². The van der Waals surface area contributed by atoms with Crippen LogP contribution in [0.1, 0.15) is 22.3 Å². The normalized spacial score (nSPS) is 11.0. The lowest BCUT2D eigenvalue weighted by Gasteiger charge is -2.16. The molecule has 4 aromatic rings. The molecule has 1 heterocycles. The second-order valence-electron chi connectivity index (χ2n) is 7.48. The number of hydrogen-bond acceptors (Lipinski definition) is 3. The molecule has 0 bridgehead atoms. The topological polar surface area (TPSA) is 33.5 Å². The number of rotatable bonds is 8. The smallest absolute Gasteiger partial charge is 0.168 e. The highest BCUT2D eigenvalue weighted by atomic mass is 16.3. The van der Waals surface area contributed by atoms with Gasteiger partial charge in [0.2, 0.25) is 0 Å². The number of carbonyl (C=O) groups excluding carboxylic acids is 1. The van der Waals surface area contributed by atoms with Crippen LogP contribution in [0.5, 0.6) is 0 Å². The monoisotopic (exact) mass is 395 g/mol. The first kappa shape index (κ1) is 19.9. The van der Waals surface area contributed by atoms with E-state index in [1.165, 1.54) is 5.56 Å². The number of hydrogen-bond donors (Lipinski definition) is 0. The molecule has 0 saturated carbocycles. The molecule has 3 heteroatoms. The van der Waals surface area contributed by atoms with Crippen molar-refractivity contribution in [2.45, 2.75) is 13.0 Å². The summed E-state index contributed by atoms with van der Waals surface area (Å²) in [5.41, 5.74) is 3.77. The first-order chi connectivity index (χ1) is 14.7. The van der Waals surface area contributed by atoms with Crippen molar-refractivity contribution in [3.8, 4) is 22.6 Å². The molecular weight excluding hydrogens is 370 g/mol. The van der Waals surface area contributed by atoms with Crippen LogP contribution in [-0.4, -0.2) is 24.3 Å². The summed E-state index contributed by atoms with van der Waals surface area (Å²) in [5, 5.41) is 0. The molecule has 0 unspecified atom stereocenters. The van der Waals surface area contributed by atoms with Crippen LogP contribution in [0, 0.1) is 0 Å². The van der Waals surface area contributed by atoms with E-state index >= 15 is 0 Å². The van der Waals surface area contributed by atoms with Gasteiger partial charge in [-0.2, -0.15) is 0 Å². The van der Waals surface area contributed by atoms with Crippen molar-refractivity contribution in [2.24, 2.45) is 0 Å². The van der Waals surface area contributed by atoms with Crippen LogP contribution < -0.4 is 0 Å². The Morgan fingerprint density at radius 1 is 0.800 bits per heavy atom. The minimum Gasteiger partial charge on any atom is -0.455 e. The summed E-state index contributed by atoms with van der Waals surface area (Å²) in [6.45, 7) is 1.51. The summed E-state index contributed by atoms with van der Waals surface area (Å²) >= 11 is 0. The predicted molar refractivity (Wildman–Crippen MR) is 121 cm³/mol. The maximum absolute atomic E-state index is 13.2. The zero-order valence-corrected chi connectivity index (χ0v) is 17.1. The van der Waals surface area contributed by atoms with Crippen molar-refractivity contribution in [2.75, 3.05) is 13.6 Å². The van der Waals surface area contributed by atoms with E-state index in [1.807, 2.05) is 92.0 Å². The van der Waals surface area contributed by atoms with E-state index in [4.69, 9.17) is 4.42 Å². The lowest BCUT2D eigenvalue weighted by molar-refractivity contribution is 0.0968. The van der Waals surface area contributed by atoms with Gasteiger partial charge >= 0.3 is 0 Å². The zero-order chi connectivity index (χ0) is 20.8. The predicted octanol–water partition coefficient (Wildman–Crippen LogP) is 6.32. The molecule has 0 amide bonds. The van der Waals surface area contributed by atoms with Gasteiger partial charge in [0.25, 0.3) is 0 Å². The number of carbonyl (C=O) groups is 1. The van der Waals surface area contributed by atoms with Gasteiger partial charge in [-0.05, 0) is 18.7 Å². The fourth-order valence-corrected chi connectivity index (χ4v) is 3.55. The highest BCUT2D eigenvalue weighted by molar-refractivity contribution is 6.02. The Hall–Kier alpha value is -3.43. The summed E-state index contributed by atoms with van der Waals surface area (Å²) < 4.78 is 6.18. The minimum atomic E-state index is 0.0969. The number of Topliss-reactive ketones (excluding diaryl/α,β-unsaturated/α-hetero) is 1. The van der Waals surface area contributed by atoms with E-state index in [9.17, 15) is 4.79 Å². The van der Waals surface area contributed by atoms with Crippen LogP contribution in [0.2, 0.25) is 0 Å². The van der Waals surface area contributed by atoms with Crippen LogP contribution in [0.4, 0.5) is 0 Å². The summed E-state index contributed by atoms with van der Waals surface area (Å²) in [6, 6.07) is 31.9. The number of benzene rings is 3. The van der Waals surface area contributed by atoms with Crippen LogP contribution in [0.3, 0.4) is 0 Å². The average molecular weight is 396 g/mol. The maximum Gasteiger partial charge on any atom is 0.168 e. The Morgan fingerprint density at radius 3 is 2.00 bits per heavy atom. The molecule has 0 fully saturated rings. The Morgan fingerprint density at radius 2 is 1.37 bits per heavy atom. The summed E-state index contributed by atoms with van der Waals surface area (Å²) in [4.78, 5) is 15.3.